The summed E-state index contributed by atoms with van der Waals surface area (Å²) in [5.41, 5.74) is 0. The van der Waals surface area contributed by atoms with Crippen molar-refractivity contribution in [2.24, 2.45) is 0 Å². The van der Waals surface area contributed by atoms with E-state index in [4.69, 9.17) is 10.7 Å². The van der Waals surface area contributed by atoms with Gasteiger partial charge in [-0.2, -0.15) is 0 Å². The van der Waals surface area contributed by atoms with Gasteiger partial charge in [-0.25, -0.2) is 12.8 Å². The van der Waals surface area contributed by atoms with Gasteiger partial charge in [0.05, 0.1) is 0 Å². The highest BCUT2D eigenvalue weighted by atomic mass is 35.7. The van der Waals surface area contributed by atoms with E-state index < -0.39 is 31.9 Å². The molecule has 90 valence electrons. The fourth-order valence-corrected chi connectivity index (χ4v) is 1.80. The molecule has 0 fully saturated rings. The number of ether oxygens (including phenoxy) is 1. The van der Waals surface area contributed by atoms with E-state index >= 15 is 0 Å². The van der Waals surface area contributed by atoms with E-state index in [9.17, 15) is 26.0 Å². The van der Waals surface area contributed by atoms with Gasteiger partial charge in [0, 0.05) is 10.7 Å². The summed E-state index contributed by atoms with van der Waals surface area (Å²) >= 11 is 0. The maximum atomic E-state index is 13.2. The Kier molecular flexibility index (Phi) is 3.34. The minimum Gasteiger partial charge on any atom is -0.403 e. The smallest absolute Gasteiger partial charge is 0.403 e. The molecular weight excluding hydrogens is 276 g/mol. The van der Waals surface area contributed by atoms with Crippen molar-refractivity contribution in [1.82, 2.24) is 0 Å². The number of alkyl halides is 3. The van der Waals surface area contributed by atoms with Gasteiger partial charge in [-0.05, 0) is 12.1 Å². The summed E-state index contributed by atoms with van der Waals surface area (Å²) in [4.78, 5) is -1.07. The zero-order valence-electron chi connectivity index (χ0n) is 7.25. The van der Waals surface area contributed by atoms with E-state index in [1.54, 1.807) is 0 Å². The second-order valence-electron chi connectivity index (χ2n) is 2.55. The number of hydrogen-bond donors (Lipinski definition) is 0. The number of hydrogen-bond acceptors (Lipinski definition) is 3. The molecule has 0 aliphatic rings. The lowest BCUT2D eigenvalue weighted by Gasteiger charge is -2.10. The lowest BCUT2D eigenvalue weighted by atomic mass is 10.3. The number of halogens is 5. The molecule has 0 aliphatic heterocycles. The third-order valence-electron chi connectivity index (χ3n) is 1.42. The highest BCUT2D eigenvalue weighted by Gasteiger charge is 2.33. The van der Waals surface area contributed by atoms with Gasteiger partial charge < -0.3 is 4.74 Å². The van der Waals surface area contributed by atoms with Gasteiger partial charge in [0.1, 0.15) is 4.90 Å². The van der Waals surface area contributed by atoms with Crippen LogP contribution in [0.3, 0.4) is 0 Å². The van der Waals surface area contributed by atoms with Crippen LogP contribution in [-0.2, 0) is 9.05 Å². The molecule has 0 amide bonds. The Morgan fingerprint density at radius 1 is 1.25 bits per heavy atom. The summed E-state index contributed by atoms with van der Waals surface area (Å²) in [5.74, 6) is -2.94. The Labute approximate surface area is 92.0 Å². The third kappa shape index (κ3) is 3.24. The van der Waals surface area contributed by atoms with Crippen LogP contribution in [0.25, 0.3) is 0 Å². The molecule has 3 nitrogen and oxygen atoms in total. The zero-order valence-corrected chi connectivity index (χ0v) is 8.83. The second kappa shape index (κ2) is 4.10. The Morgan fingerprint density at radius 2 is 1.81 bits per heavy atom. The molecule has 0 saturated carbocycles. The molecule has 1 rings (SSSR count). The Hall–Kier alpha value is -1.02. The van der Waals surface area contributed by atoms with Crippen LogP contribution in [0.1, 0.15) is 0 Å². The first kappa shape index (κ1) is 13.0. The predicted octanol–water partition coefficient (Wildman–Crippen LogP) is 2.65. The molecular formula is C7H3ClF4O3S. The first-order valence-corrected chi connectivity index (χ1v) is 5.91. The van der Waals surface area contributed by atoms with Crippen molar-refractivity contribution in [2.45, 2.75) is 11.3 Å². The Bertz CT molecular complexity index is 497. The maximum Gasteiger partial charge on any atom is 0.573 e. The lowest BCUT2D eigenvalue weighted by Crippen LogP contribution is -2.18. The molecule has 9 heteroatoms. The highest BCUT2D eigenvalue weighted by Crippen LogP contribution is 2.30. The normalized spacial score (nSPS) is 12.6. The monoisotopic (exact) mass is 278 g/mol. The van der Waals surface area contributed by atoms with Gasteiger partial charge in [-0.15, -0.1) is 13.2 Å². The van der Waals surface area contributed by atoms with Gasteiger partial charge in [0.25, 0.3) is 9.05 Å². The molecule has 0 heterocycles. The van der Waals surface area contributed by atoms with E-state index in [0.29, 0.717) is 6.07 Å². The third-order valence-corrected chi connectivity index (χ3v) is 2.76. The van der Waals surface area contributed by atoms with E-state index in [1.165, 1.54) is 0 Å². The summed E-state index contributed by atoms with van der Waals surface area (Å²) in [6, 6.07) is 2.23. The molecule has 1 aromatic carbocycles. The van der Waals surface area contributed by atoms with E-state index in [2.05, 4.69) is 4.74 Å². The van der Waals surface area contributed by atoms with Crippen molar-refractivity contribution < 1.29 is 30.7 Å². The number of benzene rings is 1. The second-order valence-corrected chi connectivity index (χ2v) is 5.09. The fraction of sp³-hybridized carbons (Fsp3) is 0.143. The molecule has 0 aliphatic carbocycles. The molecule has 0 radical (unpaired) electrons. The average molecular weight is 279 g/mol. The first-order chi connectivity index (χ1) is 7.11. The molecule has 0 unspecified atom stereocenters. The van der Waals surface area contributed by atoms with Crippen LogP contribution in [0.15, 0.2) is 23.1 Å². The van der Waals surface area contributed by atoms with E-state index in [-0.39, 0.29) is 0 Å². The fourth-order valence-electron chi connectivity index (χ4n) is 0.882. The van der Waals surface area contributed by atoms with Gasteiger partial charge in [0.15, 0.2) is 11.6 Å². The van der Waals surface area contributed by atoms with E-state index in [0.717, 1.165) is 12.1 Å². The standard InChI is InChI=1S/C7H3ClF4O3S/c8-16(13,14)5-3-1-2-4(6(5)9)15-7(10,11)12/h1-3H. The van der Waals surface area contributed by atoms with Gasteiger partial charge >= 0.3 is 6.36 Å². The first-order valence-electron chi connectivity index (χ1n) is 3.60. The summed E-state index contributed by atoms with van der Waals surface area (Å²) in [7, 11) is 0.341. The molecule has 0 atom stereocenters. The largest absolute Gasteiger partial charge is 0.573 e. The molecule has 0 saturated heterocycles. The maximum absolute atomic E-state index is 13.2. The van der Waals surface area contributed by atoms with Gasteiger partial charge in [0.2, 0.25) is 0 Å². The van der Waals surface area contributed by atoms with Crippen LogP contribution in [0.4, 0.5) is 17.6 Å². The van der Waals surface area contributed by atoms with Crippen molar-refractivity contribution in [3.8, 4) is 5.75 Å². The summed E-state index contributed by atoms with van der Waals surface area (Å²) in [6.45, 7) is 0. The van der Waals surface area contributed by atoms with Gasteiger partial charge in [-0.3, -0.25) is 0 Å². The summed E-state index contributed by atoms with van der Waals surface area (Å²) < 4.78 is 73.3. The SMILES string of the molecule is O=S(=O)(Cl)c1cccc(OC(F)(F)F)c1F. The minimum absolute atomic E-state index is 0.633. The molecule has 0 aromatic heterocycles. The van der Waals surface area contributed by atoms with Crippen molar-refractivity contribution in [3.05, 3.63) is 24.0 Å². The van der Waals surface area contributed by atoms with E-state index in [1.807, 2.05) is 0 Å². The van der Waals surface area contributed by atoms with Crippen LogP contribution in [0, 0.1) is 5.82 Å². The minimum atomic E-state index is -5.12. The van der Waals surface area contributed by atoms with Crippen molar-refractivity contribution in [2.75, 3.05) is 0 Å². The molecule has 0 bridgehead atoms. The zero-order chi connectivity index (χ0) is 12.6. The Morgan fingerprint density at radius 3 is 2.25 bits per heavy atom. The van der Waals surface area contributed by atoms with Crippen molar-refractivity contribution in [1.29, 1.82) is 0 Å². The summed E-state index contributed by atoms with van der Waals surface area (Å²) in [6.07, 6.45) is -5.12. The average Bonchev–Trinajstić information content (AvgIpc) is 2.04. The van der Waals surface area contributed by atoms with Crippen LogP contribution in [-0.4, -0.2) is 14.8 Å². The molecule has 0 N–H and O–H groups in total. The quantitative estimate of drug-likeness (QED) is 0.617. The summed E-state index contributed by atoms with van der Waals surface area (Å²) in [5, 5.41) is 0. The molecule has 16 heavy (non-hydrogen) atoms. The van der Waals surface area contributed by atoms with Crippen LogP contribution >= 0.6 is 10.7 Å². The van der Waals surface area contributed by atoms with Crippen LogP contribution < -0.4 is 4.74 Å². The Balaban J connectivity index is 3.25. The predicted molar refractivity (Wildman–Crippen MR) is 46.1 cm³/mol. The molecule has 0 spiro atoms. The lowest BCUT2D eigenvalue weighted by molar-refractivity contribution is -0.275. The van der Waals surface area contributed by atoms with Crippen LogP contribution in [0.5, 0.6) is 5.75 Å². The van der Waals surface area contributed by atoms with Gasteiger partial charge in [-0.1, -0.05) is 6.07 Å². The number of rotatable bonds is 2. The highest BCUT2D eigenvalue weighted by molar-refractivity contribution is 8.13. The van der Waals surface area contributed by atoms with Crippen LogP contribution in [0.2, 0.25) is 0 Å². The van der Waals surface area contributed by atoms with Crippen molar-refractivity contribution in [3.63, 3.8) is 0 Å². The topological polar surface area (TPSA) is 43.4 Å². The molecule has 1 aromatic rings. The van der Waals surface area contributed by atoms with Crippen molar-refractivity contribution >= 4 is 19.7 Å².